The second-order valence-corrected chi connectivity index (χ2v) is 6.90. The van der Waals surface area contributed by atoms with Gasteiger partial charge >= 0.3 is 5.97 Å². The summed E-state index contributed by atoms with van der Waals surface area (Å²) >= 11 is 3.00. The Balaban J connectivity index is 2.07. The van der Waals surface area contributed by atoms with Crippen LogP contribution >= 0.6 is 23.1 Å². The molecule has 0 aliphatic carbocycles. The van der Waals surface area contributed by atoms with E-state index in [0.29, 0.717) is 30.0 Å². The van der Waals surface area contributed by atoms with E-state index in [-0.39, 0.29) is 5.78 Å². The molecule has 1 aliphatic heterocycles. The van der Waals surface area contributed by atoms with Crippen LogP contribution in [0.25, 0.3) is 0 Å². The molecule has 0 saturated heterocycles. The first kappa shape index (κ1) is 15.1. The second-order valence-electron chi connectivity index (χ2n) is 5.05. The van der Waals surface area contributed by atoms with Crippen molar-refractivity contribution >= 4 is 34.9 Å². The number of rotatable bonds is 6. The molecule has 2 aromatic rings. The smallest absolute Gasteiger partial charge is 0.312 e. The third-order valence-electron chi connectivity index (χ3n) is 3.75. The number of carbonyl (C=O) groups excluding carboxylic acids is 1. The first-order chi connectivity index (χ1) is 10.6. The monoisotopic (exact) mass is 333 g/mol. The Morgan fingerprint density at radius 2 is 2.36 bits per heavy atom. The number of fused-ring (bicyclic) bond motifs is 1. The summed E-state index contributed by atoms with van der Waals surface area (Å²) in [4.78, 5) is 25.0. The van der Waals surface area contributed by atoms with Crippen molar-refractivity contribution in [2.24, 2.45) is 0 Å². The van der Waals surface area contributed by atoms with Crippen molar-refractivity contribution in [3.63, 3.8) is 0 Å². The quantitative estimate of drug-likeness (QED) is 0.498. The van der Waals surface area contributed by atoms with Crippen molar-refractivity contribution in [3.8, 4) is 0 Å². The zero-order valence-electron chi connectivity index (χ0n) is 11.8. The van der Waals surface area contributed by atoms with Crippen molar-refractivity contribution in [3.05, 3.63) is 52.5 Å². The molecule has 0 aromatic carbocycles. The summed E-state index contributed by atoms with van der Waals surface area (Å²) in [5.41, 5.74) is 2.01. The zero-order chi connectivity index (χ0) is 15.7. The SMILES string of the molecule is C=CCSc1cc2n(c1C(=O)c1ccsc1)CCC2C(=O)O. The standard InChI is InChI=1S/C16H15NO3S2/c1-2-6-22-13-8-12-11(16(19)20)3-5-17(12)14(13)15(18)10-4-7-21-9-10/h2,4,7-9,11H,1,3,5-6H2,(H,19,20). The highest BCUT2D eigenvalue weighted by Gasteiger charge is 2.34. The van der Waals surface area contributed by atoms with Crippen LogP contribution in [0.1, 0.15) is 34.1 Å². The topological polar surface area (TPSA) is 59.3 Å². The van der Waals surface area contributed by atoms with Crippen LogP contribution < -0.4 is 0 Å². The predicted octanol–water partition coefficient (Wildman–Crippen LogP) is 3.63. The summed E-state index contributed by atoms with van der Waals surface area (Å²) in [7, 11) is 0. The first-order valence-corrected chi connectivity index (χ1v) is 8.83. The van der Waals surface area contributed by atoms with Gasteiger partial charge in [0, 0.05) is 33.8 Å². The summed E-state index contributed by atoms with van der Waals surface area (Å²) in [6.07, 6.45) is 2.32. The number of hydrogen-bond acceptors (Lipinski definition) is 4. The fourth-order valence-electron chi connectivity index (χ4n) is 2.75. The van der Waals surface area contributed by atoms with Crippen LogP contribution in [0, 0.1) is 0 Å². The highest BCUT2D eigenvalue weighted by molar-refractivity contribution is 7.99. The van der Waals surface area contributed by atoms with Crippen molar-refractivity contribution in [2.75, 3.05) is 5.75 Å². The Morgan fingerprint density at radius 1 is 1.55 bits per heavy atom. The van der Waals surface area contributed by atoms with Gasteiger partial charge in [-0.25, -0.2) is 0 Å². The lowest BCUT2D eigenvalue weighted by Crippen LogP contribution is -2.10. The summed E-state index contributed by atoms with van der Waals surface area (Å²) in [6.45, 7) is 4.28. The minimum absolute atomic E-state index is 0.0369. The molecule has 0 amide bonds. The van der Waals surface area contributed by atoms with E-state index in [1.807, 2.05) is 21.4 Å². The number of ketones is 1. The van der Waals surface area contributed by atoms with E-state index in [1.165, 1.54) is 23.1 Å². The molecule has 3 rings (SSSR count). The predicted molar refractivity (Wildman–Crippen MR) is 88.1 cm³/mol. The van der Waals surface area contributed by atoms with Gasteiger partial charge in [-0.05, 0) is 23.9 Å². The van der Waals surface area contributed by atoms with Gasteiger partial charge in [0.1, 0.15) is 5.69 Å². The van der Waals surface area contributed by atoms with Crippen LogP contribution in [0.4, 0.5) is 0 Å². The third kappa shape index (κ3) is 2.53. The average molecular weight is 333 g/mol. The molecule has 114 valence electrons. The molecule has 1 atom stereocenters. The molecule has 1 aliphatic rings. The molecule has 1 N–H and O–H groups in total. The molecule has 4 nitrogen and oxygen atoms in total. The molecule has 0 radical (unpaired) electrons. The van der Waals surface area contributed by atoms with Crippen LogP contribution in [0.2, 0.25) is 0 Å². The van der Waals surface area contributed by atoms with Gasteiger partial charge in [-0.2, -0.15) is 11.3 Å². The Hall–Kier alpha value is -1.79. The maximum Gasteiger partial charge on any atom is 0.312 e. The molecule has 0 bridgehead atoms. The maximum atomic E-state index is 12.8. The van der Waals surface area contributed by atoms with Gasteiger partial charge in [0.05, 0.1) is 5.92 Å². The van der Waals surface area contributed by atoms with E-state index in [9.17, 15) is 14.7 Å². The summed E-state index contributed by atoms with van der Waals surface area (Å²) < 4.78 is 1.88. The second kappa shape index (κ2) is 6.14. The summed E-state index contributed by atoms with van der Waals surface area (Å²) in [6, 6.07) is 3.66. The number of thiophene rings is 1. The van der Waals surface area contributed by atoms with Gasteiger partial charge in [-0.1, -0.05) is 6.08 Å². The lowest BCUT2D eigenvalue weighted by molar-refractivity contribution is -0.138. The molecular weight excluding hydrogens is 318 g/mol. The van der Waals surface area contributed by atoms with Gasteiger partial charge in [0.25, 0.3) is 0 Å². The molecular formula is C16H15NO3S2. The number of hydrogen-bond donors (Lipinski definition) is 1. The van der Waals surface area contributed by atoms with E-state index in [1.54, 1.807) is 12.1 Å². The van der Waals surface area contributed by atoms with E-state index in [4.69, 9.17) is 0 Å². The van der Waals surface area contributed by atoms with Crippen molar-refractivity contribution in [1.82, 2.24) is 4.57 Å². The highest BCUT2D eigenvalue weighted by atomic mass is 32.2. The third-order valence-corrected chi connectivity index (χ3v) is 5.45. The van der Waals surface area contributed by atoms with Crippen molar-refractivity contribution in [2.45, 2.75) is 23.8 Å². The Labute approximate surface area is 136 Å². The van der Waals surface area contributed by atoms with Crippen LogP contribution in [0.5, 0.6) is 0 Å². The molecule has 0 spiro atoms. The first-order valence-electron chi connectivity index (χ1n) is 6.90. The zero-order valence-corrected chi connectivity index (χ0v) is 13.5. The Morgan fingerprint density at radius 3 is 3.00 bits per heavy atom. The number of carboxylic acid groups (broad SMARTS) is 1. The number of aromatic nitrogens is 1. The lowest BCUT2D eigenvalue weighted by atomic mass is 10.1. The summed E-state index contributed by atoms with van der Waals surface area (Å²) in [5, 5.41) is 13.0. The molecule has 2 aromatic heterocycles. The molecule has 3 heterocycles. The van der Waals surface area contributed by atoms with Gasteiger partial charge in [-0.15, -0.1) is 18.3 Å². The van der Waals surface area contributed by atoms with Crippen molar-refractivity contribution < 1.29 is 14.7 Å². The van der Waals surface area contributed by atoms with Gasteiger partial charge in [-0.3, -0.25) is 9.59 Å². The normalized spacial score (nSPS) is 16.5. The highest BCUT2D eigenvalue weighted by Crippen LogP contribution is 2.38. The van der Waals surface area contributed by atoms with E-state index >= 15 is 0 Å². The van der Waals surface area contributed by atoms with E-state index in [2.05, 4.69) is 6.58 Å². The van der Waals surface area contributed by atoms with E-state index < -0.39 is 11.9 Å². The molecule has 0 fully saturated rings. The fraction of sp³-hybridized carbons (Fsp3) is 0.250. The average Bonchev–Trinajstić information content (AvgIpc) is 3.19. The van der Waals surface area contributed by atoms with Gasteiger partial charge in [0.15, 0.2) is 0 Å². The van der Waals surface area contributed by atoms with Crippen LogP contribution in [-0.4, -0.2) is 27.2 Å². The van der Waals surface area contributed by atoms with Crippen LogP contribution in [0.15, 0.2) is 40.4 Å². The van der Waals surface area contributed by atoms with E-state index in [0.717, 1.165) is 10.6 Å². The molecule has 0 saturated carbocycles. The fourth-order valence-corrected chi connectivity index (χ4v) is 4.23. The number of aliphatic carboxylic acids is 1. The minimum Gasteiger partial charge on any atom is -0.481 e. The van der Waals surface area contributed by atoms with Crippen LogP contribution in [0.3, 0.4) is 0 Å². The summed E-state index contributed by atoms with van der Waals surface area (Å²) in [5.74, 6) is -0.700. The maximum absolute atomic E-state index is 12.8. The molecule has 1 unspecified atom stereocenters. The van der Waals surface area contributed by atoms with Gasteiger partial charge in [0.2, 0.25) is 5.78 Å². The number of carbonyl (C=O) groups is 2. The number of thioether (sulfide) groups is 1. The van der Waals surface area contributed by atoms with Gasteiger partial charge < -0.3 is 9.67 Å². The lowest BCUT2D eigenvalue weighted by Gasteiger charge is -2.07. The Bertz CT molecular complexity index is 731. The molecule has 22 heavy (non-hydrogen) atoms. The van der Waals surface area contributed by atoms with Crippen molar-refractivity contribution in [1.29, 1.82) is 0 Å². The number of nitrogens with zero attached hydrogens (tertiary/aromatic N) is 1. The number of carboxylic acids is 1. The minimum atomic E-state index is -0.828. The Kier molecular flexibility index (Phi) is 4.22. The van der Waals surface area contributed by atoms with Crippen LogP contribution in [-0.2, 0) is 11.3 Å². The molecule has 6 heteroatoms. The largest absolute Gasteiger partial charge is 0.481 e.